The van der Waals surface area contributed by atoms with Gasteiger partial charge in [-0.05, 0) is 84.1 Å². The first-order chi connectivity index (χ1) is 55.7. The van der Waals surface area contributed by atoms with Crippen LogP contribution in [0.4, 0.5) is 0 Å². The highest BCUT2D eigenvalue weighted by molar-refractivity contribution is 7.25. The third-order valence-corrected chi connectivity index (χ3v) is 19.8. The van der Waals surface area contributed by atoms with Gasteiger partial charge in [0, 0.05) is 127 Å². The summed E-state index contributed by atoms with van der Waals surface area (Å²) in [6, 6.07) is 58.0. The molecule has 0 aliphatic carbocycles. The van der Waals surface area contributed by atoms with Crippen LogP contribution in [-0.2, 0) is 7.05 Å². The van der Waals surface area contributed by atoms with Crippen LogP contribution >= 0.6 is 11.3 Å². The van der Waals surface area contributed by atoms with E-state index < -0.39 is 0 Å². The Morgan fingerprint density at radius 3 is 1.24 bits per heavy atom. The largest absolute Gasteiger partial charge is 0.456 e. The number of benzene rings is 7. The van der Waals surface area contributed by atoms with Gasteiger partial charge in [0.1, 0.15) is 46.0 Å². The maximum Gasteiger partial charge on any atom is 0.206 e. The van der Waals surface area contributed by atoms with Crippen LogP contribution in [0.25, 0.3) is 92.4 Å². The zero-order valence-corrected chi connectivity index (χ0v) is 75.7. The molecule has 16 heteroatoms. The summed E-state index contributed by atoms with van der Waals surface area (Å²) in [6.45, 7) is 63.1. The molecule has 113 heavy (non-hydrogen) atoms. The van der Waals surface area contributed by atoms with Crippen molar-refractivity contribution < 1.29 is 27.8 Å². The van der Waals surface area contributed by atoms with E-state index in [0.29, 0.717) is 30.2 Å². The third kappa shape index (κ3) is 18.9. The third-order valence-electron chi connectivity index (χ3n) is 18.7. The molecule has 16 aromatic rings. The van der Waals surface area contributed by atoms with Crippen LogP contribution in [0.2, 0.25) is 0 Å². The summed E-state index contributed by atoms with van der Waals surface area (Å²) < 4.78 is 28.7. The molecule has 5 unspecified atom stereocenters. The molecule has 0 saturated carbocycles. The Balaban J connectivity index is 0.000000280. The van der Waals surface area contributed by atoms with E-state index in [-0.39, 0.29) is 0 Å². The second-order valence-corrected chi connectivity index (χ2v) is 24.3. The van der Waals surface area contributed by atoms with Crippen molar-refractivity contribution in [3.8, 4) is 28.4 Å². The minimum atomic E-state index is 0.359. The van der Waals surface area contributed by atoms with Gasteiger partial charge in [0.25, 0.3) is 0 Å². The predicted molar refractivity (Wildman–Crippen MR) is 484 cm³/mol. The van der Waals surface area contributed by atoms with Crippen molar-refractivity contribution in [2.45, 2.75) is 245 Å². The van der Waals surface area contributed by atoms with Crippen molar-refractivity contribution in [3.05, 3.63) is 260 Å². The summed E-state index contributed by atoms with van der Waals surface area (Å²) in [5, 5.41) is 16.4. The molecule has 7 aromatic carbocycles. The fourth-order valence-corrected chi connectivity index (χ4v) is 15.3. The predicted octanol–water partition coefficient (Wildman–Crippen LogP) is 25.9. The van der Waals surface area contributed by atoms with Gasteiger partial charge in [0.05, 0.1) is 47.0 Å². The Morgan fingerprint density at radius 2 is 0.708 bits per heavy atom. The molecule has 0 N–H and O–H groups in total. The van der Waals surface area contributed by atoms with E-state index in [1.807, 2.05) is 256 Å². The Bertz CT molecular complexity index is 5170. The number of furan rings is 1. The number of hydrogen-bond donors (Lipinski definition) is 0. The first-order valence-electron chi connectivity index (χ1n) is 42.8. The number of rotatable bonds is 0. The van der Waals surface area contributed by atoms with Gasteiger partial charge in [0.15, 0.2) is 36.7 Å². The van der Waals surface area contributed by atoms with Gasteiger partial charge in [-0.25, -0.2) is 0 Å². The molecular formula is C97H139N14OS+5. The summed E-state index contributed by atoms with van der Waals surface area (Å²) in [7, 11) is 2.15. The van der Waals surface area contributed by atoms with Crippen molar-refractivity contribution >= 4 is 75.3 Å². The highest BCUT2D eigenvalue weighted by atomic mass is 32.1. The number of para-hydroxylation sites is 3. The lowest BCUT2D eigenvalue weighted by molar-refractivity contribution is -0.774. The van der Waals surface area contributed by atoms with E-state index in [2.05, 4.69) is 270 Å². The van der Waals surface area contributed by atoms with E-state index >= 15 is 0 Å². The average molecular weight is 1550 g/mol. The zero-order valence-electron chi connectivity index (χ0n) is 74.9. The number of pyridine rings is 1. The maximum absolute atomic E-state index is 5.98. The minimum absolute atomic E-state index is 0.359. The lowest BCUT2D eigenvalue weighted by atomic mass is 10.0. The summed E-state index contributed by atoms with van der Waals surface area (Å²) in [5.41, 5.74) is 17.4. The normalized spacial score (nSPS) is 13.9. The lowest BCUT2D eigenvalue weighted by Crippen LogP contribution is -2.40. The van der Waals surface area contributed by atoms with Gasteiger partial charge in [-0.15, -0.1) is 48.8 Å². The van der Waals surface area contributed by atoms with Gasteiger partial charge in [-0.1, -0.05) is 253 Å². The summed E-state index contributed by atoms with van der Waals surface area (Å²) in [5.74, 6) is 0. The van der Waals surface area contributed by atoms with E-state index in [4.69, 9.17) is 4.42 Å². The van der Waals surface area contributed by atoms with Crippen molar-refractivity contribution in [2.75, 3.05) is 0 Å². The topological polar surface area (TPSA) is 101 Å². The molecule has 14 heterocycles. The summed E-state index contributed by atoms with van der Waals surface area (Å²) >= 11 is 1.88. The SMILES string of the molecule is CC.CC.CC.CC.CC.CC.CC.CC.CC.CC.CC.CC.CC.CC1c2cc3c(cc2-n2ccc[n+]21)oc1ccccc13.CC1c2cc3c(cc2-n2ccc[n+]21)sc1ccccc13.CC1c2cc3c4ccccc4n(C)c3cc2-n2ccc[n+]21.CC1c2ccccc2-n2ncc[n+]21.CC1c2ccncc2-n2ncc[n+]21. The quantitative estimate of drug-likeness (QED) is 0.141. The Labute approximate surface area is 682 Å². The number of thiophene rings is 1. The van der Waals surface area contributed by atoms with Crippen LogP contribution in [0.15, 0.2) is 237 Å². The fraction of sp³-hybridized carbons (Fsp3) is 0.381. The number of aryl methyl sites for hydroxylation is 1. The minimum Gasteiger partial charge on any atom is -0.456 e. The van der Waals surface area contributed by atoms with E-state index in [1.54, 1.807) is 6.20 Å². The first kappa shape index (κ1) is 94.8. The molecule has 15 nitrogen and oxygen atoms in total. The van der Waals surface area contributed by atoms with Gasteiger partial charge in [-0.2, -0.15) is 0 Å². The average Bonchev–Trinajstić information content (AvgIpc) is 1.58. The number of nitrogens with zero attached hydrogens (tertiary/aromatic N) is 14. The van der Waals surface area contributed by atoms with Crippen LogP contribution in [0.5, 0.6) is 0 Å². The Kier molecular flexibility index (Phi) is 40.0. The first-order valence-corrected chi connectivity index (χ1v) is 43.6. The number of aromatic nitrogens is 14. The number of fused-ring (bicyclic) bond motifs is 24. The van der Waals surface area contributed by atoms with Crippen LogP contribution in [0, 0.1) is 0 Å². The van der Waals surface area contributed by atoms with Gasteiger partial charge < -0.3 is 8.98 Å². The van der Waals surface area contributed by atoms with Crippen molar-refractivity contribution in [1.29, 1.82) is 0 Å². The van der Waals surface area contributed by atoms with Crippen molar-refractivity contribution in [2.24, 2.45) is 7.05 Å². The fourth-order valence-electron chi connectivity index (χ4n) is 14.2. The molecule has 0 bridgehead atoms. The molecule has 5 atom stereocenters. The highest BCUT2D eigenvalue weighted by Gasteiger charge is 2.37. The number of hydrogen-bond acceptors (Lipinski definition) is 5. The lowest BCUT2D eigenvalue weighted by Gasteiger charge is -2.01. The maximum atomic E-state index is 5.98. The van der Waals surface area contributed by atoms with E-state index in [1.165, 1.54) is 103 Å². The van der Waals surface area contributed by atoms with Gasteiger partial charge >= 0.3 is 0 Å². The van der Waals surface area contributed by atoms with Crippen molar-refractivity contribution in [3.63, 3.8) is 0 Å². The molecule has 5 aliphatic rings. The van der Waals surface area contributed by atoms with Crippen LogP contribution in [-0.4, -0.2) is 43.4 Å². The molecule has 0 radical (unpaired) electrons. The molecular weight excluding hydrogens is 1410 g/mol. The summed E-state index contributed by atoms with van der Waals surface area (Å²) in [6.07, 6.45) is 24.1. The molecule has 21 rings (SSSR count). The molecule has 5 aliphatic heterocycles. The standard InChI is InChI=1S/C18H16N3.C17H13N2O.C17H13N2S.C10H10N3.C9H9N4.13C2H6/c1-12-14-10-15-13-6-3-4-7-16(13)19(2)17(15)11-18(14)21-9-5-8-20(12)21;2*1-11-13-9-14-12-5-2-3-6-16(12)20-17(14)10-15(13)19-8-4-7-18(11)19;1-8-9-4-2-3-5-10(9)13-11-6-7-12(8)13;1-7-8-2-3-10-6-9(8)13-11-4-5-12(7)13;13*1-2/h3-12H,1-2H3;2*2-11H,1H3;2-8H,1H3;2-7H,1H3;13*1-2H3/q5*+1;;;;;;;;;;;;;. The zero-order chi connectivity index (χ0) is 84.3. The van der Waals surface area contributed by atoms with Gasteiger partial charge in [0.2, 0.25) is 30.5 Å². The van der Waals surface area contributed by atoms with Crippen molar-refractivity contribution in [1.82, 2.24) is 43.4 Å². The van der Waals surface area contributed by atoms with E-state index in [9.17, 15) is 0 Å². The molecule has 0 saturated heterocycles. The Morgan fingerprint density at radius 1 is 0.301 bits per heavy atom. The van der Waals surface area contributed by atoms with Gasteiger partial charge in [-0.3, -0.25) is 4.98 Å². The Hall–Kier alpha value is -10.6. The molecule has 604 valence electrons. The molecule has 0 spiro atoms. The highest BCUT2D eigenvalue weighted by Crippen LogP contribution is 2.41. The van der Waals surface area contributed by atoms with Crippen LogP contribution < -0.4 is 23.4 Å². The van der Waals surface area contributed by atoms with Crippen LogP contribution in [0.1, 0.15) is 273 Å². The molecule has 0 fully saturated rings. The van der Waals surface area contributed by atoms with E-state index in [0.717, 1.165) is 16.9 Å². The summed E-state index contributed by atoms with van der Waals surface area (Å²) in [4.78, 5) is 7.92. The monoisotopic (exact) mass is 1550 g/mol. The molecule has 0 amide bonds. The van der Waals surface area contributed by atoms with Crippen LogP contribution in [0.3, 0.4) is 0 Å². The second kappa shape index (κ2) is 47.7. The smallest absolute Gasteiger partial charge is 0.206 e. The second-order valence-electron chi connectivity index (χ2n) is 23.2. The molecule has 9 aromatic heterocycles.